The highest BCUT2D eigenvalue weighted by molar-refractivity contribution is 5.93. The van der Waals surface area contributed by atoms with Gasteiger partial charge in [-0.3, -0.25) is 0 Å². The number of rotatable bonds is 3. The molecule has 0 amide bonds. The van der Waals surface area contributed by atoms with Crippen LogP contribution in [0.1, 0.15) is 45.5 Å². The molecular weight excluding hydrogens is 348 g/mol. The highest BCUT2D eigenvalue weighted by Gasteiger charge is 2.27. The maximum Gasteiger partial charge on any atom is 0.343 e. The number of aromatic hydroxyl groups is 1. The van der Waals surface area contributed by atoms with Crippen molar-refractivity contribution >= 4 is 5.97 Å². The van der Waals surface area contributed by atoms with Crippen LogP contribution in [0.2, 0.25) is 0 Å². The fourth-order valence-electron chi connectivity index (χ4n) is 4.67. The molecule has 2 aliphatic carbocycles. The van der Waals surface area contributed by atoms with Crippen LogP contribution < -0.4 is 4.74 Å². The lowest BCUT2D eigenvalue weighted by atomic mass is 9.90. The van der Waals surface area contributed by atoms with E-state index >= 15 is 0 Å². The molecule has 0 unspecified atom stereocenters. The number of aryl methyl sites for hydroxylation is 2. The number of fused-ring (bicyclic) bond motifs is 2. The van der Waals surface area contributed by atoms with Gasteiger partial charge >= 0.3 is 5.97 Å². The van der Waals surface area contributed by atoms with Crippen LogP contribution in [0.3, 0.4) is 0 Å². The quantitative estimate of drug-likeness (QED) is 0.505. The van der Waals surface area contributed by atoms with Gasteiger partial charge in [0.05, 0.1) is 5.56 Å². The number of phenolic OH excluding ortho intramolecular Hbond substituents is 1. The minimum Gasteiger partial charge on any atom is -0.507 e. The van der Waals surface area contributed by atoms with Crippen LogP contribution in [-0.2, 0) is 25.7 Å². The Balaban J connectivity index is 1.67. The predicted molar refractivity (Wildman–Crippen MR) is 109 cm³/mol. The van der Waals surface area contributed by atoms with Gasteiger partial charge in [-0.2, -0.15) is 0 Å². The molecule has 3 heteroatoms. The molecule has 28 heavy (non-hydrogen) atoms. The average Bonchev–Trinajstić information content (AvgIpc) is 3.38. The summed E-state index contributed by atoms with van der Waals surface area (Å²) < 4.78 is 5.88. The molecule has 5 rings (SSSR count). The summed E-state index contributed by atoms with van der Waals surface area (Å²) in [5, 5.41) is 10.8. The molecule has 2 aliphatic rings. The summed E-state index contributed by atoms with van der Waals surface area (Å²) in [4.78, 5) is 12.7. The Bertz CT molecular complexity index is 1070. The van der Waals surface area contributed by atoms with Gasteiger partial charge in [0.15, 0.2) is 0 Å². The third kappa shape index (κ3) is 2.78. The van der Waals surface area contributed by atoms with Crippen molar-refractivity contribution in [2.75, 3.05) is 0 Å². The van der Waals surface area contributed by atoms with E-state index in [0.29, 0.717) is 11.3 Å². The molecule has 1 N–H and O–H groups in total. The highest BCUT2D eigenvalue weighted by Crippen LogP contribution is 2.47. The third-order valence-corrected chi connectivity index (χ3v) is 5.97. The second-order valence-corrected chi connectivity index (χ2v) is 7.64. The van der Waals surface area contributed by atoms with Crippen LogP contribution in [-0.4, -0.2) is 11.1 Å². The minimum absolute atomic E-state index is 0.276. The number of carbonyl (C=O) groups excluding carboxylic acids is 1. The standard InChI is InChI=1S/C25H22O3/c26-21-14-12-16-8-4-10-19(16)23(21)24-20-11-5-9-17(20)13-15-22(24)28-25(27)18-6-2-1-3-7-18/h1-3,6-7,12-15,26H,4-5,8-11H2. The van der Waals surface area contributed by atoms with E-state index in [1.54, 1.807) is 18.2 Å². The Hall–Kier alpha value is -3.07. The van der Waals surface area contributed by atoms with Gasteiger partial charge in [0.2, 0.25) is 0 Å². The minimum atomic E-state index is -0.369. The number of hydrogen-bond acceptors (Lipinski definition) is 3. The van der Waals surface area contributed by atoms with Crippen LogP contribution in [0.15, 0.2) is 54.6 Å². The molecule has 0 bridgehead atoms. The van der Waals surface area contributed by atoms with E-state index < -0.39 is 0 Å². The molecule has 0 aromatic heterocycles. The number of benzene rings is 3. The lowest BCUT2D eigenvalue weighted by Crippen LogP contribution is -2.10. The van der Waals surface area contributed by atoms with E-state index in [-0.39, 0.29) is 11.7 Å². The van der Waals surface area contributed by atoms with E-state index in [2.05, 4.69) is 6.07 Å². The molecule has 0 spiro atoms. The van der Waals surface area contributed by atoms with Crippen molar-refractivity contribution in [3.8, 4) is 22.6 Å². The van der Waals surface area contributed by atoms with Crippen LogP contribution in [0.5, 0.6) is 11.5 Å². The van der Waals surface area contributed by atoms with E-state index in [0.717, 1.165) is 49.7 Å². The number of phenols is 1. The summed E-state index contributed by atoms with van der Waals surface area (Å²) in [6.45, 7) is 0. The van der Waals surface area contributed by atoms with Gasteiger partial charge in [0, 0.05) is 11.1 Å². The second-order valence-electron chi connectivity index (χ2n) is 7.64. The Morgan fingerprint density at radius 3 is 2.11 bits per heavy atom. The number of carbonyl (C=O) groups is 1. The summed E-state index contributed by atoms with van der Waals surface area (Å²) >= 11 is 0. The third-order valence-electron chi connectivity index (χ3n) is 5.97. The van der Waals surface area contributed by atoms with Gasteiger partial charge in [0.25, 0.3) is 0 Å². The van der Waals surface area contributed by atoms with E-state index in [1.165, 1.54) is 22.3 Å². The Morgan fingerprint density at radius 2 is 1.39 bits per heavy atom. The van der Waals surface area contributed by atoms with Crippen LogP contribution >= 0.6 is 0 Å². The van der Waals surface area contributed by atoms with Crippen molar-refractivity contribution in [2.24, 2.45) is 0 Å². The molecule has 0 atom stereocenters. The summed E-state index contributed by atoms with van der Waals surface area (Å²) in [7, 11) is 0. The molecule has 0 radical (unpaired) electrons. The molecule has 0 saturated heterocycles. The predicted octanol–water partition coefficient (Wildman–Crippen LogP) is 5.26. The molecule has 3 aromatic rings. The zero-order chi connectivity index (χ0) is 19.1. The molecule has 0 saturated carbocycles. The maximum atomic E-state index is 12.7. The lowest BCUT2D eigenvalue weighted by Gasteiger charge is -2.19. The summed E-state index contributed by atoms with van der Waals surface area (Å²) in [5.74, 6) is 0.454. The van der Waals surface area contributed by atoms with E-state index in [4.69, 9.17) is 4.74 Å². The van der Waals surface area contributed by atoms with Crippen molar-refractivity contribution in [3.63, 3.8) is 0 Å². The molecule has 0 fully saturated rings. The molecule has 140 valence electrons. The van der Waals surface area contributed by atoms with Crippen LogP contribution in [0, 0.1) is 0 Å². The number of hydrogen-bond donors (Lipinski definition) is 1. The smallest absolute Gasteiger partial charge is 0.343 e. The Labute approximate surface area is 164 Å². The summed E-state index contributed by atoms with van der Waals surface area (Å²) in [6, 6.07) is 16.8. The number of esters is 1. The molecular formula is C25H22O3. The normalized spacial score (nSPS) is 14.6. The van der Waals surface area contributed by atoms with Gasteiger partial charge in [-0.15, -0.1) is 0 Å². The molecule has 0 heterocycles. The lowest BCUT2D eigenvalue weighted by molar-refractivity contribution is 0.0735. The van der Waals surface area contributed by atoms with Crippen molar-refractivity contribution < 1.29 is 14.6 Å². The fourth-order valence-corrected chi connectivity index (χ4v) is 4.67. The van der Waals surface area contributed by atoms with E-state index in [9.17, 15) is 9.90 Å². The largest absolute Gasteiger partial charge is 0.507 e. The molecule has 0 aliphatic heterocycles. The van der Waals surface area contributed by atoms with Gasteiger partial charge in [0.1, 0.15) is 11.5 Å². The first-order valence-corrected chi connectivity index (χ1v) is 9.98. The first kappa shape index (κ1) is 17.1. The van der Waals surface area contributed by atoms with Crippen molar-refractivity contribution in [2.45, 2.75) is 38.5 Å². The monoisotopic (exact) mass is 370 g/mol. The first-order chi connectivity index (χ1) is 13.7. The van der Waals surface area contributed by atoms with Gasteiger partial charge in [-0.05, 0) is 85.0 Å². The van der Waals surface area contributed by atoms with Gasteiger partial charge < -0.3 is 9.84 Å². The Morgan fingerprint density at radius 1 is 0.750 bits per heavy atom. The fraction of sp³-hybridized carbons (Fsp3) is 0.240. The highest BCUT2D eigenvalue weighted by atomic mass is 16.5. The molecule has 3 nitrogen and oxygen atoms in total. The van der Waals surface area contributed by atoms with Gasteiger partial charge in [-0.1, -0.05) is 30.3 Å². The number of ether oxygens (including phenoxy) is 1. The second kappa shape index (κ2) is 6.83. The average molecular weight is 370 g/mol. The SMILES string of the molecule is O=C(Oc1ccc2c(c1-c1c(O)ccc3c1CCC3)CCC2)c1ccccc1. The summed E-state index contributed by atoms with van der Waals surface area (Å²) in [6.07, 6.45) is 6.16. The van der Waals surface area contributed by atoms with Crippen molar-refractivity contribution in [1.82, 2.24) is 0 Å². The Kier molecular flexibility index (Phi) is 4.16. The van der Waals surface area contributed by atoms with Crippen molar-refractivity contribution in [1.29, 1.82) is 0 Å². The zero-order valence-electron chi connectivity index (χ0n) is 15.7. The molecule has 3 aromatic carbocycles. The topological polar surface area (TPSA) is 46.5 Å². The van der Waals surface area contributed by atoms with E-state index in [1.807, 2.05) is 30.3 Å². The van der Waals surface area contributed by atoms with Crippen LogP contribution in [0.25, 0.3) is 11.1 Å². The maximum absolute atomic E-state index is 12.7. The van der Waals surface area contributed by atoms with Crippen molar-refractivity contribution in [3.05, 3.63) is 82.4 Å². The first-order valence-electron chi connectivity index (χ1n) is 9.98. The van der Waals surface area contributed by atoms with Crippen LogP contribution in [0.4, 0.5) is 0 Å². The zero-order valence-corrected chi connectivity index (χ0v) is 15.7. The summed E-state index contributed by atoms with van der Waals surface area (Å²) in [5.41, 5.74) is 7.32. The van der Waals surface area contributed by atoms with Gasteiger partial charge in [-0.25, -0.2) is 4.79 Å².